The van der Waals surface area contributed by atoms with Gasteiger partial charge in [-0.25, -0.2) is 0 Å². The van der Waals surface area contributed by atoms with E-state index in [2.05, 4.69) is 0 Å². The van der Waals surface area contributed by atoms with Crippen LogP contribution in [0.2, 0.25) is 0 Å². The normalized spacial score (nSPS) is 18.8. The predicted octanol–water partition coefficient (Wildman–Crippen LogP) is 2.65. The molecule has 1 aromatic carbocycles. The number of ether oxygens (including phenoxy) is 2. The van der Waals surface area contributed by atoms with E-state index in [1.807, 2.05) is 31.2 Å². The molecule has 1 aliphatic rings. The molecule has 1 saturated carbocycles. The summed E-state index contributed by atoms with van der Waals surface area (Å²) in [6.07, 6.45) is 3.84. The third kappa shape index (κ3) is 3.72. The molecule has 1 aliphatic carbocycles. The van der Waals surface area contributed by atoms with Gasteiger partial charge in [0.05, 0.1) is 12.2 Å². The second-order valence-corrected chi connectivity index (χ2v) is 4.77. The Morgan fingerprint density at radius 3 is 2.47 bits per heavy atom. The zero-order chi connectivity index (χ0) is 12.3. The van der Waals surface area contributed by atoms with Crippen molar-refractivity contribution < 1.29 is 9.47 Å². The van der Waals surface area contributed by atoms with E-state index >= 15 is 0 Å². The number of hydrogen-bond acceptors (Lipinski definition) is 3. The van der Waals surface area contributed by atoms with Gasteiger partial charge in [0.2, 0.25) is 0 Å². The summed E-state index contributed by atoms with van der Waals surface area (Å²) in [5.41, 5.74) is 7.25. The van der Waals surface area contributed by atoms with Crippen LogP contribution >= 0.6 is 0 Å². The second-order valence-electron chi connectivity index (χ2n) is 4.77. The van der Waals surface area contributed by atoms with Gasteiger partial charge in [0.1, 0.15) is 5.75 Å². The number of rotatable bonds is 6. The van der Waals surface area contributed by atoms with Crippen LogP contribution in [-0.4, -0.2) is 19.3 Å². The first-order chi connectivity index (χ1) is 8.19. The van der Waals surface area contributed by atoms with E-state index in [1.165, 1.54) is 12.8 Å². The van der Waals surface area contributed by atoms with Crippen molar-refractivity contribution in [1.29, 1.82) is 0 Å². The second kappa shape index (κ2) is 5.52. The largest absolute Gasteiger partial charge is 0.490 e. The predicted molar refractivity (Wildman–Crippen MR) is 68.1 cm³/mol. The molecule has 2 unspecified atom stereocenters. The third-order valence-corrected chi connectivity index (χ3v) is 3.12. The Kier molecular flexibility index (Phi) is 4.02. The van der Waals surface area contributed by atoms with Crippen molar-refractivity contribution >= 4 is 0 Å². The maximum absolute atomic E-state index is 6.11. The zero-order valence-electron chi connectivity index (χ0n) is 10.6. The highest BCUT2D eigenvalue weighted by atomic mass is 16.5. The van der Waals surface area contributed by atoms with E-state index in [-0.39, 0.29) is 12.1 Å². The molecule has 0 spiro atoms. The van der Waals surface area contributed by atoms with Crippen molar-refractivity contribution in [2.45, 2.75) is 44.4 Å². The minimum Gasteiger partial charge on any atom is -0.490 e. The van der Waals surface area contributed by atoms with Crippen LogP contribution in [0.25, 0.3) is 0 Å². The maximum atomic E-state index is 6.11. The Morgan fingerprint density at radius 1 is 1.29 bits per heavy atom. The van der Waals surface area contributed by atoms with Crippen LogP contribution in [0, 0.1) is 0 Å². The van der Waals surface area contributed by atoms with Crippen LogP contribution in [-0.2, 0) is 4.74 Å². The summed E-state index contributed by atoms with van der Waals surface area (Å²) in [5, 5.41) is 0. The van der Waals surface area contributed by atoms with E-state index in [9.17, 15) is 0 Å². The summed E-state index contributed by atoms with van der Waals surface area (Å²) in [4.78, 5) is 0. The third-order valence-electron chi connectivity index (χ3n) is 3.12. The fraction of sp³-hybridized carbons (Fsp3) is 0.571. The molecular weight excluding hydrogens is 214 g/mol. The molecule has 1 fully saturated rings. The summed E-state index contributed by atoms with van der Waals surface area (Å²) in [6, 6.07) is 8.13. The van der Waals surface area contributed by atoms with E-state index < -0.39 is 0 Å². The molecule has 0 saturated heterocycles. The maximum Gasteiger partial charge on any atom is 0.119 e. The fourth-order valence-electron chi connectivity index (χ4n) is 1.76. The molecule has 3 heteroatoms. The standard InChI is InChI=1S/C14H21NO2/c1-10(16-2)9-14(15)11-3-5-12(6-4-11)17-13-7-8-13/h3-6,10,13-14H,7-9,15H2,1-2H3. The molecule has 1 aromatic rings. The van der Waals surface area contributed by atoms with Crippen LogP contribution in [0.5, 0.6) is 5.75 Å². The lowest BCUT2D eigenvalue weighted by atomic mass is 10.0. The van der Waals surface area contributed by atoms with Gasteiger partial charge in [-0.1, -0.05) is 12.1 Å². The van der Waals surface area contributed by atoms with Gasteiger partial charge in [-0.2, -0.15) is 0 Å². The molecule has 0 aromatic heterocycles. The molecule has 94 valence electrons. The Morgan fingerprint density at radius 2 is 1.94 bits per heavy atom. The van der Waals surface area contributed by atoms with E-state index in [4.69, 9.17) is 15.2 Å². The van der Waals surface area contributed by atoms with Crippen LogP contribution in [0.1, 0.15) is 37.8 Å². The van der Waals surface area contributed by atoms with Crippen molar-refractivity contribution in [1.82, 2.24) is 0 Å². The Hall–Kier alpha value is -1.06. The van der Waals surface area contributed by atoms with Gasteiger partial charge in [-0.15, -0.1) is 0 Å². The van der Waals surface area contributed by atoms with Crippen LogP contribution in [0.4, 0.5) is 0 Å². The summed E-state index contributed by atoms with van der Waals surface area (Å²) in [6.45, 7) is 2.03. The van der Waals surface area contributed by atoms with Crippen molar-refractivity contribution in [3.8, 4) is 5.75 Å². The fourth-order valence-corrected chi connectivity index (χ4v) is 1.76. The summed E-state index contributed by atoms with van der Waals surface area (Å²) in [5.74, 6) is 0.947. The van der Waals surface area contributed by atoms with Crippen molar-refractivity contribution in [3.63, 3.8) is 0 Å². The van der Waals surface area contributed by atoms with Crippen molar-refractivity contribution in [2.24, 2.45) is 5.73 Å². The van der Waals surface area contributed by atoms with Crippen LogP contribution in [0.15, 0.2) is 24.3 Å². The van der Waals surface area contributed by atoms with Crippen molar-refractivity contribution in [3.05, 3.63) is 29.8 Å². The molecule has 0 bridgehead atoms. The summed E-state index contributed by atoms with van der Waals surface area (Å²) >= 11 is 0. The molecule has 0 amide bonds. The van der Waals surface area contributed by atoms with Crippen molar-refractivity contribution in [2.75, 3.05) is 7.11 Å². The first-order valence-corrected chi connectivity index (χ1v) is 6.24. The van der Waals surface area contributed by atoms with Gasteiger partial charge in [0.15, 0.2) is 0 Å². The topological polar surface area (TPSA) is 44.5 Å². The van der Waals surface area contributed by atoms with Gasteiger partial charge in [-0.05, 0) is 43.9 Å². The highest BCUT2D eigenvalue weighted by molar-refractivity contribution is 5.29. The lowest BCUT2D eigenvalue weighted by Crippen LogP contribution is -2.18. The lowest BCUT2D eigenvalue weighted by molar-refractivity contribution is 0.104. The Balaban J connectivity index is 1.91. The number of benzene rings is 1. The highest BCUT2D eigenvalue weighted by Gasteiger charge is 2.23. The van der Waals surface area contributed by atoms with E-state index in [1.54, 1.807) is 7.11 Å². The smallest absolute Gasteiger partial charge is 0.119 e. The molecule has 0 aliphatic heterocycles. The first kappa shape index (κ1) is 12.4. The van der Waals surface area contributed by atoms with Gasteiger partial charge < -0.3 is 15.2 Å². The average molecular weight is 235 g/mol. The summed E-state index contributed by atoms with van der Waals surface area (Å²) < 4.78 is 10.9. The first-order valence-electron chi connectivity index (χ1n) is 6.24. The lowest BCUT2D eigenvalue weighted by Gasteiger charge is -2.16. The summed E-state index contributed by atoms with van der Waals surface area (Å²) in [7, 11) is 1.71. The Bertz CT molecular complexity index is 346. The zero-order valence-corrected chi connectivity index (χ0v) is 10.6. The number of nitrogens with two attached hydrogens (primary N) is 1. The molecule has 2 N–H and O–H groups in total. The quantitative estimate of drug-likeness (QED) is 0.824. The van der Waals surface area contributed by atoms with E-state index in [0.29, 0.717) is 6.10 Å². The number of hydrogen-bond donors (Lipinski definition) is 1. The van der Waals surface area contributed by atoms with Gasteiger partial charge in [-0.3, -0.25) is 0 Å². The molecule has 0 heterocycles. The molecule has 2 atom stereocenters. The minimum absolute atomic E-state index is 0.0277. The van der Waals surface area contributed by atoms with Gasteiger partial charge in [0, 0.05) is 13.2 Å². The highest BCUT2D eigenvalue weighted by Crippen LogP contribution is 2.27. The average Bonchev–Trinajstić information content (AvgIpc) is 3.13. The molecule has 17 heavy (non-hydrogen) atoms. The van der Waals surface area contributed by atoms with Gasteiger partial charge >= 0.3 is 0 Å². The Labute approximate surface area is 103 Å². The molecular formula is C14H21NO2. The van der Waals surface area contributed by atoms with E-state index in [0.717, 1.165) is 17.7 Å². The minimum atomic E-state index is 0.0277. The number of methoxy groups -OCH3 is 1. The molecule has 0 radical (unpaired) electrons. The van der Waals surface area contributed by atoms with Crippen LogP contribution < -0.4 is 10.5 Å². The molecule has 2 rings (SSSR count). The van der Waals surface area contributed by atoms with Crippen LogP contribution in [0.3, 0.4) is 0 Å². The van der Waals surface area contributed by atoms with Gasteiger partial charge in [0.25, 0.3) is 0 Å². The monoisotopic (exact) mass is 235 g/mol. The molecule has 3 nitrogen and oxygen atoms in total. The SMILES string of the molecule is COC(C)CC(N)c1ccc(OC2CC2)cc1.